The molecule has 1 aliphatic heterocycles. The number of aromatic nitrogens is 4. The number of thioether (sulfide) groups is 3. The summed E-state index contributed by atoms with van der Waals surface area (Å²) in [7, 11) is 0. The van der Waals surface area contributed by atoms with Crippen molar-refractivity contribution in [2.45, 2.75) is 46.8 Å². The lowest BCUT2D eigenvalue weighted by atomic mass is 10.2. The highest BCUT2D eigenvalue weighted by atomic mass is 32.2. The number of carbonyl (C=O) groups is 1. The molecule has 1 unspecified atom stereocenters. The zero-order chi connectivity index (χ0) is 22.0. The Morgan fingerprint density at radius 1 is 1.26 bits per heavy atom. The van der Waals surface area contributed by atoms with Crippen molar-refractivity contribution in [3.63, 3.8) is 0 Å². The van der Waals surface area contributed by atoms with Crippen LogP contribution in [0.1, 0.15) is 25.1 Å². The highest BCUT2D eigenvalue weighted by Crippen LogP contribution is 2.35. The molecule has 2 aromatic heterocycles. The van der Waals surface area contributed by atoms with Gasteiger partial charge in [0.05, 0.1) is 22.0 Å². The number of carbonyl (C=O) groups excluding carboxylic acids is 1. The summed E-state index contributed by atoms with van der Waals surface area (Å²) in [4.78, 5) is 31.3. The summed E-state index contributed by atoms with van der Waals surface area (Å²) in [6.45, 7) is 6.13. The average Bonchev–Trinajstić information content (AvgIpc) is 3.33. The predicted molar refractivity (Wildman–Crippen MR) is 129 cm³/mol. The molecule has 7 nitrogen and oxygen atoms in total. The summed E-state index contributed by atoms with van der Waals surface area (Å²) in [6.07, 6.45) is 0.756. The summed E-state index contributed by atoms with van der Waals surface area (Å²) >= 11 is 5.76. The Bertz CT molecular complexity index is 1160. The molecule has 3 heterocycles. The Hall–Kier alpha value is -1.82. The molecule has 4 rings (SSSR count). The second kappa shape index (κ2) is 9.76. The number of amides is 1. The van der Waals surface area contributed by atoms with Crippen LogP contribution in [0.5, 0.6) is 0 Å². The molecule has 0 saturated heterocycles. The molecular weight excluding hydrogens is 471 g/mol. The van der Waals surface area contributed by atoms with Gasteiger partial charge < -0.3 is 0 Å². The van der Waals surface area contributed by atoms with E-state index in [1.165, 1.54) is 23.1 Å². The molecule has 31 heavy (non-hydrogen) atoms. The van der Waals surface area contributed by atoms with E-state index in [1.807, 2.05) is 38.1 Å². The molecule has 1 N–H and O–H groups in total. The van der Waals surface area contributed by atoms with Crippen molar-refractivity contribution in [3.05, 3.63) is 45.9 Å². The van der Waals surface area contributed by atoms with Gasteiger partial charge in [0.25, 0.3) is 5.56 Å². The van der Waals surface area contributed by atoms with Crippen LogP contribution in [-0.4, -0.2) is 42.4 Å². The number of benzene rings is 1. The van der Waals surface area contributed by atoms with Gasteiger partial charge in [-0.3, -0.25) is 19.5 Å². The lowest BCUT2D eigenvalue weighted by Gasteiger charge is -2.13. The molecule has 0 spiro atoms. The fourth-order valence-corrected chi connectivity index (χ4v) is 6.64. The van der Waals surface area contributed by atoms with Gasteiger partial charge in [0.2, 0.25) is 11.0 Å². The van der Waals surface area contributed by atoms with E-state index in [1.54, 1.807) is 28.1 Å². The third kappa shape index (κ3) is 5.16. The second-order valence-electron chi connectivity index (χ2n) is 6.92. The van der Waals surface area contributed by atoms with Gasteiger partial charge in [-0.2, -0.15) is 0 Å². The Morgan fingerprint density at radius 3 is 2.77 bits per heavy atom. The van der Waals surface area contributed by atoms with Crippen LogP contribution in [0.2, 0.25) is 0 Å². The molecule has 11 heteroatoms. The summed E-state index contributed by atoms with van der Waals surface area (Å²) in [5.41, 5.74) is 2.61. The smallest absolute Gasteiger partial charge is 0.272 e. The highest BCUT2D eigenvalue weighted by molar-refractivity contribution is 8.01. The lowest BCUT2D eigenvalue weighted by molar-refractivity contribution is -0.113. The SMILES string of the molecule is CCSc1nnc(NC(=O)CSc2nc3c(c(=O)n2-c2ccc(C)cc2)SC(C)C3)s1. The predicted octanol–water partition coefficient (Wildman–Crippen LogP) is 4.27. The molecule has 3 aromatic rings. The molecule has 1 aliphatic rings. The fraction of sp³-hybridized carbons (Fsp3) is 0.350. The van der Waals surface area contributed by atoms with Crippen LogP contribution in [0.25, 0.3) is 5.69 Å². The van der Waals surface area contributed by atoms with Crippen molar-refractivity contribution in [2.75, 3.05) is 16.8 Å². The van der Waals surface area contributed by atoms with E-state index in [9.17, 15) is 9.59 Å². The Balaban J connectivity index is 1.57. The van der Waals surface area contributed by atoms with E-state index in [2.05, 4.69) is 22.4 Å². The summed E-state index contributed by atoms with van der Waals surface area (Å²) in [5.74, 6) is 0.813. The van der Waals surface area contributed by atoms with Crippen LogP contribution in [0.3, 0.4) is 0 Å². The van der Waals surface area contributed by atoms with Crippen molar-refractivity contribution < 1.29 is 4.79 Å². The normalized spacial score (nSPS) is 15.1. The van der Waals surface area contributed by atoms with Gasteiger partial charge >= 0.3 is 0 Å². The van der Waals surface area contributed by atoms with Crippen molar-refractivity contribution in [2.24, 2.45) is 0 Å². The van der Waals surface area contributed by atoms with Crippen molar-refractivity contribution >= 4 is 57.7 Å². The lowest BCUT2D eigenvalue weighted by Crippen LogP contribution is -2.24. The topological polar surface area (TPSA) is 89.8 Å². The Kier molecular flexibility index (Phi) is 7.05. The second-order valence-corrected chi connectivity index (χ2v) is 11.8. The molecule has 1 amide bonds. The first kappa shape index (κ1) is 22.4. The van der Waals surface area contributed by atoms with Gasteiger partial charge in [0.1, 0.15) is 0 Å². The van der Waals surface area contributed by atoms with E-state index < -0.39 is 0 Å². The van der Waals surface area contributed by atoms with E-state index in [0.29, 0.717) is 20.4 Å². The first-order valence-electron chi connectivity index (χ1n) is 9.73. The van der Waals surface area contributed by atoms with Crippen molar-refractivity contribution in [1.29, 1.82) is 0 Å². The zero-order valence-electron chi connectivity index (χ0n) is 17.2. The maximum absolute atomic E-state index is 13.3. The quantitative estimate of drug-likeness (QED) is 0.298. The molecule has 0 aliphatic carbocycles. The standard InChI is InChI=1S/C20H21N5O2S4/c1-4-28-20-24-23-18(31-20)22-15(26)10-29-19-21-14-9-12(3)30-16(14)17(27)25(19)13-7-5-11(2)6-8-13/h5-8,12H,4,9-10H2,1-3H3,(H,22,23,26). The molecule has 0 bridgehead atoms. The molecule has 0 fully saturated rings. The highest BCUT2D eigenvalue weighted by Gasteiger charge is 2.27. The van der Waals surface area contributed by atoms with Gasteiger partial charge in [-0.1, -0.05) is 66.4 Å². The molecule has 0 saturated carbocycles. The van der Waals surface area contributed by atoms with E-state index in [4.69, 9.17) is 4.98 Å². The molecule has 1 aromatic carbocycles. The van der Waals surface area contributed by atoms with Gasteiger partial charge in [0, 0.05) is 11.7 Å². The van der Waals surface area contributed by atoms with Crippen LogP contribution in [0, 0.1) is 6.92 Å². The Labute approximate surface area is 196 Å². The number of fused-ring (bicyclic) bond motifs is 1. The van der Waals surface area contributed by atoms with Gasteiger partial charge in [-0.15, -0.1) is 22.0 Å². The van der Waals surface area contributed by atoms with Crippen LogP contribution in [0.15, 0.2) is 43.5 Å². The summed E-state index contributed by atoms with van der Waals surface area (Å²) < 4.78 is 2.44. The van der Waals surface area contributed by atoms with E-state index in [0.717, 1.165) is 33.5 Å². The zero-order valence-corrected chi connectivity index (χ0v) is 20.5. The van der Waals surface area contributed by atoms with Crippen molar-refractivity contribution in [3.8, 4) is 5.69 Å². The Morgan fingerprint density at radius 2 is 2.03 bits per heavy atom. The average molecular weight is 492 g/mol. The van der Waals surface area contributed by atoms with Crippen LogP contribution in [-0.2, 0) is 11.2 Å². The van der Waals surface area contributed by atoms with Gasteiger partial charge in [-0.05, 0) is 24.8 Å². The third-order valence-electron chi connectivity index (χ3n) is 4.43. The minimum Gasteiger partial charge on any atom is -0.300 e. The number of hydrogen-bond donors (Lipinski definition) is 1. The summed E-state index contributed by atoms with van der Waals surface area (Å²) in [6, 6.07) is 7.75. The van der Waals surface area contributed by atoms with Crippen LogP contribution < -0.4 is 10.9 Å². The molecule has 0 radical (unpaired) electrons. The van der Waals surface area contributed by atoms with Gasteiger partial charge in [-0.25, -0.2) is 4.98 Å². The fourth-order valence-electron chi connectivity index (χ4n) is 3.05. The number of rotatable bonds is 7. The molecular formula is C20H21N5O2S4. The largest absolute Gasteiger partial charge is 0.300 e. The van der Waals surface area contributed by atoms with E-state index in [-0.39, 0.29) is 17.2 Å². The van der Waals surface area contributed by atoms with Crippen LogP contribution >= 0.6 is 46.6 Å². The third-order valence-corrected chi connectivity index (χ3v) is 8.43. The maximum atomic E-state index is 13.3. The monoisotopic (exact) mass is 491 g/mol. The first-order valence-corrected chi connectivity index (χ1v) is 13.4. The molecule has 1 atom stereocenters. The minimum atomic E-state index is -0.206. The van der Waals surface area contributed by atoms with Crippen molar-refractivity contribution in [1.82, 2.24) is 19.7 Å². The summed E-state index contributed by atoms with van der Waals surface area (Å²) in [5, 5.41) is 12.2. The number of aryl methyl sites for hydroxylation is 1. The molecule has 162 valence electrons. The van der Waals surface area contributed by atoms with Gasteiger partial charge in [0.15, 0.2) is 9.50 Å². The first-order chi connectivity index (χ1) is 14.9. The number of nitrogens with one attached hydrogen (secondary N) is 1. The maximum Gasteiger partial charge on any atom is 0.272 e. The van der Waals surface area contributed by atoms with E-state index >= 15 is 0 Å². The number of nitrogens with zero attached hydrogens (tertiary/aromatic N) is 4. The number of anilines is 1. The number of hydrogen-bond acceptors (Lipinski definition) is 9. The van der Waals surface area contributed by atoms with Crippen LogP contribution in [0.4, 0.5) is 5.13 Å². The minimum absolute atomic E-state index is 0.0727.